The highest BCUT2D eigenvalue weighted by Crippen LogP contribution is 2.10. The van der Waals surface area contributed by atoms with Gasteiger partial charge in [-0.15, -0.1) is 0 Å². The van der Waals surface area contributed by atoms with Crippen LogP contribution in [0.15, 0.2) is 0 Å². The summed E-state index contributed by atoms with van der Waals surface area (Å²) in [4.78, 5) is 15.6. The number of hydrogen-bond donors (Lipinski definition) is 2. The molecule has 6 nitrogen and oxygen atoms in total. The minimum Gasteiger partial charge on any atom is -0.444 e. The summed E-state index contributed by atoms with van der Waals surface area (Å²) in [5.41, 5.74) is -0.499. The highest BCUT2D eigenvalue weighted by atomic mass is 16.6. The Morgan fingerprint density at radius 1 is 1.50 bits per heavy atom. The van der Waals surface area contributed by atoms with Gasteiger partial charge in [-0.05, 0) is 34.6 Å². The zero-order valence-corrected chi connectivity index (χ0v) is 10.3. The molecule has 0 fully saturated rings. The van der Waals surface area contributed by atoms with Crippen LogP contribution in [0.2, 0.25) is 0 Å². The van der Waals surface area contributed by atoms with Crippen LogP contribution in [-0.4, -0.2) is 26.9 Å². The number of aryl methyl sites for hydroxylation is 1. The summed E-state index contributed by atoms with van der Waals surface area (Å²) in [7, 11) is 0. The lowest BCUT2D eigenvalue weighted by Crippen LogP contribution is -2.34. The van der Waals surface area contributed by atoms with Gasteiger partial charge < -0.3 is 10.1 Å². The summed E-state index contributed by atoms with van der Waals surface area (Å²) in [6, 6.07) is -0.254. The summed E-state index contributed by atoms with van der Waals surface area (Å²) in [6.45, 7) is 9.03. The standard InChI is InChI=1S/C10H18N4O2/c1-6(8-12-7(2)13-14-8)11-9(15)16-10(3,4)5/h6H,1-5H3,(H,11,15)(H,12,13,14)/t6-/m1/s1. The first-order valence-corrected chi connectivity index (χ1v) is 5.16. The molecule has 0 radical (unpaired) electrons. The fourth-order valence-electron chi connectivity index (χ4n) is 1.11. The molecule has 0 aliphatic carbocycles. The Balaban J connectivity index is 2.52. The van der Waals surface area contributed by atoms with Crippen LogP contribution in [0.25, 0.3) is 0 Å². The zero-order valence-electron chi connectivity index (χ0n) is 10.3. The molecule has 1 amide bonds. The molecule has 90 valence electrons. The highest BCUT2D eigenvalue weighted by Gasteiger charge is 2.19. The van der Waals surface area contributed by atoms with Crippen molar-refractivity contribution in [2.24, 2.45) is 0 Å². The van der Waals surface area contributed by atoms with E-state index in [1.807, 2.05) is 27.7 Å². The Labute approximate surface area is 94.8 Å². The maximum absolute atomic E-state index is 11.5. The molecule has 0 saturated heterocycles. The normalized spacial score (nSPS) is 13.3. The third-order valence-corrected chi connectivity index (χ3v) is 1.76. The molecule has 0 saturated carbocycles. The Morgan fingerprint density at radius 3 is 2.56 bits per heavy atom. The monoisotopic (exact) mass is 226 g/mol. The molecule has 0 spiro atoms. The number of carbonyl (C=O) groups is 1. The number of alkyl carbamates (subject to hydrolysis) is 1. The van der Waals surface area contributed by atoms with E-state index in [1.54, 1.807) is 6.92 Å². The first-order chi connectivity index (χ1) is 7.28. The summed E-state index contributed by atoms with van der Waals surface area (Å²) < 4.78 is 5.12. The van der Waals surface area contributed by atoms with Crippen LogP contribution in [0, 0.1) is 6.92 Å². The van der Waals surface area contributed by atoms with Crippen LogP contribution in [0.4, 0.5) is 4.79 Å². The maximum atomic E-state index is 11.5. The van der Waals surface area contributed by atoms with Crippen molar-refractivity contribution in [3.63, 3.8) is 0 Å². The molecule has 6 heteroatoms. The zero-order chi connectivity index (χ0) is 12.3. The van der Waals surface area contributed by atoms with E-state index in [1.165, 1.54) is 0 Å². The van der Waals surface area contributed by atoms with Crippen molar-refractivity contribution in [3.05, 3.63) is 11.6 Å². The second-order valence-electron chi connectivity index (χ2n) is 4.64. The third-order valence-electron chi connectivity index (χ3n) is 1.76. The van der Waals surface area contributed by atoms with E-state index in [0.717, 1.165) is 0 Å². The number of hydrogen-bond acceptors (Lipinski definition) is 4. The number of carbonyl (C=O) groups excluding carboxylic acids is 1. The molecule has 0 aliphatic rings. The fourth-order valence-corrected chi connectivity index (χ4v) is 1.11. The van der Waals surface area contributed by atoms with Crippen molar-refractivity contribution in [3.8, 4) is 0 Å². The molecule has 1 heterocycles. The van der Waals surface area contributed by atoms with Crippen molar-refractivity contribution in [2.75, 3.05) is 0 Å². The molecule has 0 bridgehead atoms. The molecule has 0 aliphatic heterocycles. The van der Waals surface area contributed by atoms with Crippen LogP contribution < -0.4 is 5.32 Å². The van der Waals surface area contributed by atoms with E-state index in [9.17, 15) is 4.79 Å². The van der Waals surface area contributed by atoms with Gasteiger partial charge in [0.05, 0.1) is 6.04 Å². The fraction of sp³-hybridized carbons (Fsp3) is 0.700. The number of ether oxygens (including phenoxy) is 1. The summed E-state index contributed by atoms with van der Waals surface area (Å²) in [6.07, 6.45) is -0.464. The summed E-state index contributed by atoms with van der Waals surface area (Å²) in [5, 5.41) is 9.30. The lowest BCUT2D eigenvalue weighted by molar-refractivity contribution is 0.0506. The van der Waals surface area contributed by atoms with E-state index in [-0.39, 0.29) is 6.04 Å². The number of nitrogens with one attached hydrogen (secondary N) is 2. The number of aromatic nitrogens is 3. The largest absolute Gasteiger partial charge is 0.444 e. The SMILES string of the molecule is Cc1n[nH]c([C@@H](C)NC(=O)OC(C)(C)C)n1. The van der Waals surface area contributed by atoms with E-state index in [2.05, 4.69) is 20.5 Å². The predicted octanol–water partition coefficient (Wildman–Crippen LogP) is 1.70. The molecular weight excluding hydrogens is 208 g/mol. The molecule has 1 aromatic heterocycles. The first-order valence-electron chi connectivity index (χ1n) is 5.16. The van der Waals surface area contributed by atoms with E-state index in [0.29, 0.717) is 11.6 Å². The second-order valence-corrected chi connectivity index (χ2v) is 4.64. The minimum absolute atomic E-state index is 0.254. The third kappa shape index (κ3) is 3.88. The van der Waals surface area contributed by atoms with Gasteiger partial charge in [0.2, 0.25) is 0 Å². The van der Waals surface area contributed by atoms with Crippen LogP contribution in [0.5, 0.6) is 0 Å². The molecule has 1 aromatic rings. The molecular formula is C10H18N4O2. The van der Waals surface area contributed by atoms with Crippen molar-refractivity contribution in [1.82, 2.24) is 20.5 Å². The predicted molar refractivity (Wildman–Crippen MR) is 58.9 cm³/mol. The van der Waals surface area contributed by atoms with Crippen molar-refractivity contribution in [2.45, 2.75) is 46.3 Å². The van der Waals surface area contributed by atoms with Gasteiger partial charge in [0.1, 0.15) is 17.2 Å². The van der Waals surface area contributed by atoms with Gasteiger partial charge in [-0.3, -0.25) is 5.10 Å². The van der Waals surface area contributed by atoms with Crippen LogP contribution >= 0.6 is 0 Å². The van der Waals surface area contributed by atoms with Gasteiger partial charge in [0, 0.05) is 0 Å². The lowest BCUT2D eigenvalue weighted by Gasteiger charge is -2.21. The first kappa shape index (κ1) is 12.5. The average molecular weight is 226 g/mol. The number of aromatic amines is 1. The Kier molecular flexibility index (Phi) is 3.51. The molecule has 1 rings (SSSR count). The van der Waals surface area contributed by atoms with E-state index >= 15 is 0 Å². The quantitative estimate of drug-likeness (QED) is 0.804. The molecule has 0 unspecified atom stereocenters. The van der Waals surface area contributed by atoms with Gasteiger partial charge >= 0.3 is 6.09 Å². The average Bonchev–Trinajstić information content (AvgIpc) is 2.47. The molecule has 16 heavy (non-hydrogen) atoms. The molecule has 1 atom stereocenters. The van der Waals surface area contributed by atoms with Gasteiger partial charge in [-0.2, -0.15) is 5.10 Å². The van der Waals surface area contributed by atoms with Gasteiger partial charge in [-0.1, -0.05) is 0 Å². The minimum atomic E-state index is -0.499. The Morgan fingerprint density at radius 2 is 2.12 bits per heavy atom. The smallest absolute Gasteiger partial charge is 0.408 e. The number of H-pyrrole nitrogens is 1. The van der Waals surface area contributed by atoms with Crippen LogP contribution in [0.1, 0.15) is 45.4 Å². The molecule has 0 aromatic carbocycles. The van der Waals surface area contributed by atoms with Gasteiger partial charge in [0.25, 0.3) is 0 Å². The van der Waals surface area contributed by atoms with Crippen molar-refractivity contribution >= 4 is 6.09 Å². The van der Waals surface area contributed by atoms with E-state index in [4.69, 9.17) is 4.74 Å². The van der Waals surface area contributed by atoms with Crippen LogP contribution in [0.3, 0.4) is 0 Å². The Hall–Kier alpha value is -1.59. The Bertz CT molecular complexity index is 367. The highest BCUT2D eigenvalue weighted by molar-refractivity contribution is 5.68. The van der Waals surface area contributed by atoms with Crippen molar-refractivity contribution in [1.29, 1.82) is 0 Å². The number of amides is 1. The van der Waals surface area contributed by atoms with Gasteiger partial charge in [0.15, 0.2) is 0 Å². The number of nitrogens with zero attached hydrogens (tertiary/aromatic N) is 2. The van der Waals surface area contributed by atoms with Crippen LogP contribution in [-0.2, 0) is 4.74 Å². The molecule has 2 N–H and O–H groups in total. The van der Waals surface area contributed by atoms with E-state index < -0.39 is 11.7 Å². The summed E-state index contributed by atoms with van der Waals surface area (Å²) in [5.74, 6) is 1.26. The maximum Gasteiger partial charge on any atom is 0.408 e. The second kappa shape index (κ2) is 4.51. The lowest BCUT2D eigenvalue weighted by atomic mass is 10.2. The summed E-state index contributed by atoms with van der Waals surface area (Å²) >= 11 is 0. The number of rotatable bonds is 2. The topological polar surface area (TPSA) is 79.9 Å². The van der Waals surface area contributed by atoms with Gasteiger partial charge in [-0.25, -0.2) is 9.78 Å². The van der Waals surface area contributed by atoms with Crippen molar-refractivity contribution < 1.29 is 9.53 Å².